The lowest BCUT2D eigenvalue weighted by Gasteiger charge is -2.29. The maximum atomic E-state index is 11.9. The summed E-state index contributed by atoms with van der Waals surface area (Å²) < 4.78 is 25.4. The molecule has 0 aromatic carbocycles. The molecule has 0 bridgehead atoms. The predicted molar refractivity (Wildman–Crippen MR) is 81.8 cm³/mol. The van der Waals surface area contributed by atoms with E-state index in [2.05, 4.69) is 0 Å². The molecule has 1 fully saturated rings. The lowest BCUT2D eigenvalue weighted by atomic mass is 9.99. The molecule has 0 unspecified atom stereocenters. The first-order chi connectivity index (χ1) is 9.60. The van der Waals surface area contributed by atoms with Crippen LogP contribution in [0.3, 0.4) is 0 Å². The Morgan fingerprint density at radius 1 is 1.25 bits per heavy atom. The monoisotopic (exact) mass is 314 g/mol. The SMILES string of the molecule is CCS(=O)(=O)N1CCC(c2nc3c(s2)CCCC3)CC1. The summed E-state index contributed by atoms with van der Waals surface area (Å²) in [7, 11) is -3.01. The zero-order valence-corrected chi connectivity index (χ0v) is 13.6. The van der Waals surface area contributed by atoms with Gasteiger partial charge in [0.25, 0.3) is 0 Å². The van der Waals surface area contributed by atoms with Crippen molar-refractivity contribution in [2.75, 3.05) is 18.8 Å². The summed E-state index contributed by atoms with van der Waals surface area (Å²) in [6.45, 7) is 3.03. The van der Waals surface area contributed by atoms with E-state index in [-0.39, 0.29) is 5.75 Å². The summed E-state index contributed by atoms with van der Waals surface area (Å²) >= 11 is 1.88. The van der Waals surface area contributed by atoms with Gasteiger partial charge in [0.1, 0.15) is 0 Å². The van der Waals surface area contributed by atoms with Gasteiger partial charge in [0.05, 0.1) is 16.5 Å². The first-order valence-electron chi connectivity index (χ1n) is 7.56. The fourth-order valence-corrected chi connectivity index (χ4v) is 5.56. The Balaban J connectivity index is 1.68. The number of rotatable bonds is 3. The number of aromatic nitrogens is 1. The first kappa shape index (κ1) is 14.5. The van der Waals surface area contributed by atoms with Gasteiger partial charge in [0.2, 0.25) is 10.0 Å². The molecular formula is C14H22N2O2S2. The van der Waals surface area contributed by atoms with E-state index < -0.39 is 10.0 Å². The second-order valence-electron chi connectivity index (χ2n) is 5.70. The van der Waals surface area contributed by atoms with E-state index >= 15 is 0 Å². The van der Waals surface area contributed by atoms with Gasteiger partial charge >= 0.3 is 0 Å². The Kier molecular flexibility index (Phi) is 4.15. The van der Waals surface area contributed by atoms with Crippen molar-refractivity contribution in [2.45, 2.75) is 51.4 Å². The van der Waals surface area contributed by atoms with E-state index in [1.54, 1.807) is 11.2 Å². The summed E-state index contributed by atoms with van der Waals surface area (Å²) in [4.78, 5) is 6.31. The molecule has 0 N–H and O–H groups in total. The smallest absolute Gasteiger partial charge is 0.213 e. The molecule has 0 saturated carbocycles. The van der Waals surface area contributed by atoms with E-state index in [4.69, 9.17) is 4.98 Å². The number of nitrogens with zero attached hydrogens (tertiary/aromatic N) is 2. The molecule has 1 saturated heterocycles. The minimum atomic E-state index is -3.01. The van der Waals surface area contributed by atoms with Gasteiger partial charge in [-0.2, -0.15) is 0 Å². The van der Waals surface area contributed by atoms with Gasteiger partial charge < -0.3 is 0 Å². The number of fused-ring (bicyclic) bond motifs is 1. The van der Waals surface area contributed by atoms with Crippen LogP contribution in [0, 0.1) is 0 Å². The van der Waals surface area contributed by atoms with Crippen LogP contribution >= 0.6 is 11.3 Å². The second kappa shape index (κ2) is 5.73. The largest absolute Gasteiger partial charge is 0.246 e. The third kappa shape index (κ3) is 2.78. The zero-order chi connectivity index (χ0) is 14.2. The van der Waals surface area contributed by atoms with E-state index in [0.29, 0.717) is 19.0 Å². The molecule has 0 radical (unpaired) electrons. The summed E-state index contributed by atoms with van der Waals surface area (Å²) in [6.07, 6.45) is 6.73. The van der Waals surface area contributed by atoms with Crippen LogP contribution in [0.15, 0.2) is 0 Å². The van der Waals surface area contributed by atoms with Gasteiger partial charge in [-0.3, -0.25) is 0 Å². The van der Waals surface area contributed by atoms with Crippen molar-refractivity contribution in [3.63, 3.8) is 0 Å². The van der Waals surface area contributed by atoms with E-state index in [0.717, 1.165) is 19.3 Å². The average molecular weight is 314 g/mol. The van der Waals surface area contributed by atoms with Crippen LogP contribution in [0.25, 0.3) is 0 Å². The number of sulfonamides is 1. The van der Waals surface area contributed by atoms with Crippen LogP contribution in [-0.2, 0) is 22.9 Å². The Morgan fingerprint density at radius 3 is 2.60 bits per heavy atom. The number of hydrogen-bond donors (Lipinski definition) is 0. The summed E-state index contributed by atoms with van der Waals surface area (Å²) in [5.41, 5.74) is 1.32. The minimum absolute atomic E-state index is 0.212. The molecule has 6 heteroatoms. The topological polar surface area (TPSA) is 50.3 Å². The van der Waals surface area contributed by atoms with Crippen molar-refractivity contribution >= 4 is 21.4 Å². The second-order valence-corrected chi connectivity index (χ2v) is 9.08. The van der Waals surface area contributed by atoms with E-state index in [9.17, 15) is 8.42 Å². The van der Waals surface area contributed by atoms with Crippen molar-refractivity contribution in [2.24, 2.45) is 0 Å². The van der Waals surface area contributed by atoms with Gasteiger partial charge in [-0.05, 0) is 45.4 Å². The van der Waals surface area contributed by atoms with Crippen molar-refractivity contribution in [1.82, 2.24) is 9.29 Å². The zero-order valence-electron chi connectivity index (χ0n) is 12.0. The van der Waals surface area contributed by atoms with Crippen molar-refractivity contribution in [3.05, 3.63) is 15.6 Å². The van der Waals surface area contributed by atoms with Gasteiger partial charge in [0.15, 0.2) is 0 Å². The van der Waals surface area contributed by atoms with Gasteiger partial charge in [-0.1, -0.05) is 0 Å². The van der Waals surface area contributed by atoms with Crippen LogP contribution in [0.4, 0.5) is 0 Å². The standard InChI is InChI=1S/C14H22N2O2S2/c1-2-20(17,18)16-9-7-11(8-10-16)14-15-12-5-3-4-6-13(12)19-14/h11H,2-10H2,1H3. The molecule has 0 spiro atoms. The van der Waals surface area contributed by atoms with Crippen molar-refractivity contribution < 1.29 is 8.42 Å². The number of aryl methyl sites for hydroxylation is 2. The fraction of sp³-hybridized carbons (Fsp3) is 0.786. The number of hydrogen-bond acceptors (Lipinski definition) is 4. The molecule has 4 nitrogen and oxygen atoms in total. The van der Waals surface area contributed by atoms with Crippen LogP contribution in [0.5, 0.6) is 0 Å². The van der Waals surface area contributed by atoms with E-state index in [1.807, 2.05) is 11.3 Å². The third-order valence-electron chi connectivity index (χ3n) is 4.42. The first-order valence-corrected chi connectivity index (χ1v) is 9.99. The molecule has 1 aliphatic carbocycles. The van der Waals surface area contributed by atoms with Crippen molar-refractivity contribution in [3.8, 4) is 0 Å². The maximum absolute atomic E-state index is 11.9. The molecule has 0 amide bonds. The normalized spacial score (nSPS) is 21.9. The van der Waals surface area contributed by atoms with Gasteiger partial charge in [-0.25, -0.2) is 17.7 Å². The van der Waals surface area contributed by atoms with Gasteiger partial charge in [0, 0.05) is 23.9 Å². The molecule has 1 aromatic heterocycles. The Morgan fingerprint density at radius 2 is 1.95 bits per heavy atom. The molecule has 0 atom stereocenters. The van der Waals surface area contributed by atoms with Crippen LogP contribution in [0.1, 0.15) is 54.1 Å². The lowest BCUT2D eigenvalue weighted by molar-refractivity contribution is 0.319. The highest BCUT2D eigenvalue weighted by Gasteiger charge is 2.29. The molecule has 2 aliphatic rings. The molecule has 3 rings (SSSR count). The van der Waals surface area contributed by atoms with Gasteiger partial charge in [-0.15, -0.1) is 11.3 Å². The predicted octanol–water partition coefficient (Wildman–Crippen LogP) is 2.55. The molecule has 2 heterocycles. The molecule has 20 heavy (non-hydrogen) atoms. The Bertz CT molecular complexity index is 548. The fourth-order valence-electron chi connectivity index (χ4n) is 3.11. The third-order valence-corrected chi connectivity index (χ3v) is 7.63. The van der Waals surface area contributed by atoms with Crippen LogP contribution in [-0.4, -0.2) is 36.5 Å². The number of piperidine rings is 1. The summed E-state index contributed by atoms with van der Waals surface area (Å²) in [5, 5.41) is 1.26. The molecule has 112 valence electrons. The molecular weight excluding hydrogens is 292 g/mol. The summed E-state index contributed by atoms with van der Waals surface area (Å²) in [6, 6.07) is 0. The maximum Gasteiger partial charge on any atom is 0.213 e. The quantitative estimate of drug-likeness (QED) is 0.861. The molecule has 1 aliphatic heterocycles. The highest BCUT2D eigenvalue weighted by Crippen LogP contribution is 2.35. The summed E-state index contributed by atoms with van der Waals surface area (Å²) in [5.74, 6) is 0.678. The average Bonchev–Trinajstić information content (AvgIpc) is 2.91. The van der Waals surface area contributed by atoms with Crippen molar-refractivity contribution in [1.29, 1.82) is 0 Å². The van der Waals surface area contributed by atoms with Crippen LogP contribution in [0.2, 0.25) is 0 Å². The Labute approximate surface area is 125 Å². The molecule has 1 aromatic rings. The number of thiazole rings is 1. The van der Waals surface area contributed by atoms with E-state index in [1.165, 1.54) is 34.8 Å². The van der Waals surface area contributed by atoms with Crippen LogP contribution < -0.4 is 0 Å². The highest BCUT2D eigenvalue weighted by molar-refractivity contribution is 7.89. The Hall–Kier alpha value is -0.460. The lowest BCUT2D eigenvalue weighted by Crippen LogP contribution is -2.38. The minimum Gasteiger partial charge on any atom is -0.246 e. The highest BCUT2D eigenvalue weighted by atomic mass is 32.2.